The molecule has 0 amide bonds. The molecule has 0 spiro atoms. The second-order valence-corrected chi connectivity index (χ2v) is 3.15. The highest BCUT2D eigenvalue weighted by molar-refractivity contribution is 9.10. The largest absolute Gasteiger partial charge is 0.386 e. The fourth-order valence-corrected chi connectivity index (χ4v) is 1.30. The Bertz CT molecular complexity index is 309. The molecule has 0 radical (unpaired) electrons. The van der Waals surface area contributed by atoms with Gasteiger partial charge in [-0.3, -0.25) is 0 Å². The maximum absolute atomic E-state index is 7.21. The summed E-state index contributed by atoms with van der Waals surface area (Å²) in [7, 11) is 1.82. The van der Waals surface area contributed by atoms with Crippen LogP contribution in [0.25, 0.3) is 0 Å². The van der Waals surface area contributed by atoms with E-state index in [2.05, 4.69) is 26.2 Å². The highest BCUT2D eigenvalue weighted by atomic mass is 79.9. The Balaban J connectivity index is 3.35. The van der Waals surface area contributed by atoms with Gasteiger partial charge in [0.2, 0.25) is 0 Å². The fraction of sp³-hybridized carbons (Fsp3) is 0.250. The topological polar surface area (TPSA) is 48.8 Å². The number of halogens is 1. The van der Waals surface area contributed by atoms with E-state index in [0.29, 0.717) is 0 Å². The third-order valence-electron chi connectivity index (χ3n) is 1.72. The Kier molecular flexibility index (Phi) is 2.81. The first-order valence-electron chi connectivity index (χ1n) is 3.54. The summed E-state index contributed by atoms with van der Waals surface area (Å²) in [6.07, 6.45) is 3.03. The molecule has 1 aromatic rings. The average Bonchev–Trinajstić information content (AvgIpc) is 2.09. The van der Waals surface area contributed by atoms with Crippen molar-refractivity contribution in [2.24, 2.45) is 0 Å². The molecule has 64 valence electrons. The van der Waals surface area contributed by atoms with E-state index in [1.807, 2.05) is 14.0 Å². The molecule has 3 nitrogen and oxygen atoms in total. The van der Waals surface area contributed by atoms with Gasteiger partial charge < -0.3 is 10.7 Å². The third-order valence-corrected chi connectivity index (χ3v) is 2.52. The van der Waals surface area contributed by atoms with Gasteiger partial charge in [-0.1, -0.05) is 0 Å². The molecule has 0 saturated heterocycles. The van der Waals surface area contributed by atoms with E-state index in [-0.39, 0.29) is 0 Å². The van der Waals surface area contributed by atoms with Crippen molar-refractivity contribution >= 4 is 27.8 Å². The Labute approximate surface area is 79.8 Å². The first kappa shape index (κ1) is 9.19. The van der Waals surface area contributed by atoms with Gasteiger partial charge in [0.1, 0.15) is 4.60 Å². The lowest BCUT2D eigenvalue weighted by Gasteiger charge is -2.07. The second kappa shape index (κ2) is 3.67. The third kappa shape index (κ3) is 1.48. The summed E-state index contributed by atoms with van der Waals surface area (Å²) in [5.74, 6) is 0. The molecular weight excluding hydrogens is 218 g/mol. The molecule has 1 heterocycles. The van der Waals surface area contributed by atoms with E-state index < -0.39 is 0 Å². The van der Waals surface area contributed by atoms with Crippen LogP contribution in [0.3, 0.4) is 0 Å². The number of nitrogens with zero attached hydrogens (tertiary/aromatic N) is 1. The van der Waals surface area contributed by atoms with E-state index in [1.54, 1.807) is 6.20 Å². The summed E-state index contributed by atoms with van der Waals surface area (Å²) in [4.78, 5) is 4.11. The highest BCUT2D eigenvalue weighted by Gasteiger charge is 2.05. The Morgan fingerprint density at radius 2 is 2.33 bits per heavy atom. The Hall–Kier alpha value is -0.900. The molecule has 0 aromatic carbocycles. The van der Waals surface area contributed by atoms with Crippen molar-refractivity contribution in [2.45, 2.75) is 6.92 Å². The van der Waals surface area contributed by atoms with Crippen LogP contribution in [0.5, 0.6) is 0 Å². The van der Waals surface area contributed by atoms with Crippen LogP contribution in [0.4, 0.5) is 5.69 Å². The van der Waals surface area contributed by atoms with Gasteiger partial charge in [-0.15, -0.1) is 0 Å². The predicted octanol–water partition coefficient (Wildman–Crippen LogP) is 2.19. The molecule has 0 bridgehead atoms. The lowest BCUT2D eigenvalue weighted by atomic mass is 10.1. The molecule has 4 heteroatoms. The monoisotopic (exact) mass is 227 g/mol. The van der Waals surface area contributed by atoms with Crippen molar-refractivity contribution in [2.75, 3.05) is 12.4 Å². The lowest BCUT2D eigenvalue weighted by Crippen LogP contribution is -1.99. The van der Waals surface area contributed by atoms with Crippen LogP contribution in [0.2, 0.25) is 0 Å². The minimum atomic E-state index is 0.792. The maximum Gasteiger partial charge on any atom is 0.109 e. The number of aromatic nitrogens is 1. The molecule has 0 aliphatic rings. The molecule has 1 aromatic heterocycles. The summed E-state index contributed by atoms with van der Waals surface area (Å²) in [5.41, 5.74) is 2.74. The molecule has 2 N–H and O–H groups in total. The van der Waals surface area contributed by atoms with Crippen LogP contribution in [0, 0.1) is 12.3 Å². The molecule has 0 aliphatic heterocycles. The summed E-state index contributed by atoms with van der Waals surface area (Å²) in [6.45, 7) is 1.93. The number of rotatable bonds is 2. The zero-order valence-corrected chi connectivity index (χ0v) is 8.57. The molecular formula is C8H10BrN3. The van der Waals surface area contributed by atoms with E-state index >= 15 is 0 Å². The first-order valence-corrected chi connectivity index (χ1v) is 4.33. The van der Waals surface area contributed by atoms with Crippen molar-refractivity contribution in [3.63, 3.8) is 0 Å². The molecule has 0 aliphatic carbocycles. The van der Waals surface area contributed by atoms with Crippen molar-refractivity contribution in [3.8, 4) is 0 Å². The number of pyridine rings is 1. The van der Waals surface area contributed by atoms with Gasteiger partial charge in [-0.25, -0.2) is 4.98 Å². The molecule has 0 atom stereocenters. The number of hydrogen-bond donors (Lipinski definition) is 2. The second-order valence-electron chi connectivity index (χ2n) is 2.40. The summed E-state index contributed by atoms with van der Waals surface area (Å²) in [5, 5.41) is 10.2. The molecule has 12 heavy (non-hydrogen) atoms. The maximum atomic E-state index is 7.21. The van der Waals surface area contributed by atoms with Crippen LogP contribution < -0.4 is 5.32 Å². The number of nitrogens with one attached hydrogen (secondary N) is 2. The zero-order chi connectivity index (χ0) is 9.14. The van der Waals surface area contributed by atoms with Gasteiger partial charge in [0.05, 0.1) is 11.9 Å². The van der Waals surface area contributed by atoms with Gasteiger partial charge in [-0.05, 0) is 28.4 Å². The Morgan fingerprint density at radius 3 is 2.83 bits per heavy atom. The number of anilines is 1. The van der Waals surface area contributed by atoms with Gasteiger partial charge >= 0.3 is 0 Å². The minimum Gasteiger partial charge on any atom is -0.386 e. The van der Waals surface area contributed by atoms with Crippen molar-refractivity contribution in [3.05, 3.63) is 21.9 Å². The standard InChI is InChI=1S/C8H10BrN3/c1-5-6(3-10)7(11-2)4-12-8(5)9/h3-4,10-11H,1-2H3. The minimum absolute atomic E-state index is 0.792. The fourth-order valence-electron chi connectivity index (χ4n) is 0.986. The highest BCUT2D eigenvalue weighted by Crippen LogP contribution is 2.21. The Morgan fingerprint density at radius 1 is 1.67 bits per heavy atom. The summed E-state index contributed by atoms with van der Waals surface area (Å²) >= 11 is 3.31. The van der Waals surface area contributed by atoms with Crippen LogP contribution in [0.1, 0.15) is 11.1 Å². The van der Waals surface area contributed by atoms with E-state index in [1.165, 1.54) is 6.21 Å². The zero-order valence-electron chi connectivity index (χ0n) is 6.98. The lowest BCUT2D eigenvalue weighted by molar-refractivity contribution is 1.20. The van der Waals surface area contributed by atoms with Crippen LogP contribution in [-0.2, 0) is 0 Å². The summed E-state index contributed by atoms with van der Waals surface area (Å²) < 4.78 is 0.792. The van der Waals surface area contributed by atoms with E-state index in [4.69, 9.17) is 5.41 Å². The van der Waals surface area contributed by atoms with Crippen molar-refractivity contribution in [1.29, 1.82) is 5.41 Å². The van der Waals surface area contributed by atoms with E-state index in [0.717, 1.165) is 21.4 Å². The van der Waals surface area contributed by atoms with Crippen LogP contribution in [0.15, 0.2) is 10.8 Å². The molecule has 0 saturated carbocycles. The first-order chi connectivity index (χ1) is 5.70. The molecule has 1 rings (SSSR count). The molecule has 0 fully saturated rings. The van der Waals surface area contributed by atoms with Crippen LogP contribution in [-0.4, -0.2) is 18.2 Å². The smallest absolute Gasteiger partial charge is 0.109 e. The van der Waals surface area contributed by atoms with Gasteiger partial charge in [-0.2, -0.15) is 0 Å². The van der Waals surface area contributed by atoms with Gasteiger partial charge in [0.25, 0.3) is 0 Å². The van der Waals surface area contributed by atoms with E-state index in [9.17, 15) is 0 Å². The van der Waals surface area contributed by atoms with Gasteiger partial charge in [0, 0.05) is 18.8 Å². The van der Waals surface area contributed by atoms with Crippen molar-refractivity contribution < 1.29 is 0 Å². The van der Waals surface area contributed by atoms with Crippen LogP contribution >= 0.6 is 15.9 Å². The SMILES string of the molecule is CNc1cnc(Br)c(C)c1C=N. The predicted molar refractivity (Wildman–Crippen MR) is 54.1 cm³/mol. The summed E-state index contributed by atoms with van der Waals surface area (Å²) in [6, 6.07) is 0. The van der Waals surface area contributed by atoms with Gasteiger partial charge in [0.15, 0.2) is 0 Å². The molecule has 0 unspecified atom stereocenters. The quantitative estimate of drug-likeness (QED) is 0.602. The average molecular weight is 228 g/mol. The normalized spacial score (nSPS) is 9.58. The number of hydrogen-bond acceptors (Lipinski definition) is 3. The van der Waals surface area contributed by atoms with Crippen molar-refractivity contribution in [1.82, 2.24) is 4.98 Å².